The van der Waals surface area contributed by atoms with Crippen LogP contribution in [0, 0.1) is 0 Å². The minimum absolute atomic E-state index is 0.487. The Bertz CT molecular complexity index is 579. The second-order valence-corrected chi connectivity index (χ2v) is 5.87. The molecule has 0 bridgehead atoms. The predicted molar refractivity (Wildman–Crippen MR) is 80.1 cm³/mol. The monoisotopic (exact) mass is 257 g/mol. The Kier molecular flexibility index (Phi) is 3.33. The first-order chi connectivity index (χ1) is 9.19. The fourth-order valence-electron chi connectivity index (χ4n) is 2.61. The van der Waals surface area contributed by atoms with Crippen LogP contribution in [-0.2, 0) is 13.1 Å². The van der Waals surface area contributed by atoms with Gasteiger partial charge in [0.2, 0.25) is 0 Å². The highest BCUT2D eigenvalue weighted by Gasteiger charge is 2.21. The van der Waals surface area contributed by atoms with Crippen molar-refractivity contribution >= 4 is 10.9 Å². The Labute approximate surface area is 114 Å². The van der Waals surface area contributed by atoms with E-state index in [0.717, 1.165) is 12.6 Å². The van der Waals surface area contributed by atoms with Crippen LogP contribution >= 0.6 is 0 Å². The lowest BCUT2D eigenvalue weighted by Gasteiger charge is -2.09. The molecule has 0 spiro atoms. The summed E-state index contributed by atoms with van der Waals surface area (Å²) >= 11 is 0. The van der Waals surface area contributed by atoms with Gasteiger partial charge in [-0.2, -0.15) is 0 Å². The number of rotatable bonds is 5. The van der Waals surface area contributed by atoms with Crippen LogP contribution < -0.4 is 11.1 Å². The van der Waals surface area contributed by atoms with Crippen molar-refractivity contribution in [1.82, 2.24) is 9.88 Å². The zero-order valence-corrected chi connectivity index (χ0v) is 11.8. The Hall–Kier alpha value is -1.32. The van der Waals surface area contributed by atoms with E-state index >= 15 is 0 Å². The highest BCUT2D eigenvalue weighted by Crippen LogP contribution is 2.27. The van der Waals surface area contributed by atoms with Crippen LogP contribution in [0.25, 0.3) is 10.9 Å². The van der Waals surface area contributed by atoms with E-state index < -0.39 is 0 Å². The summed E-state index contributed by atoms with van der Waals surface area (Å²) in [6.45, 7) is 6.04. The fraction of sp³-hybridized carbons (Fsp3) is 0.500. The summed E-state index contributed by atoms with van der Waals surface area (Å²) in [5.41, 5.74) is 9.69. The van der Waals surface area contributed by atoms with Gasteiger partial charge in [-0.1, -0.05) is 6.07 Å². The van der Waals surface area contributed by atoms with Gasteiger partial charge in [0.05, 0.1) is 0 Å². The van der Waals surface area contributed by atoms with Gasteiger partial charge in [-0.15, -0.1) is 0 Å². The number of nitrogens with one attached hydrogen (secondary N) is 1. The van der Waals surface area contributed by atoms with Gasteiger partial charge < -0.3 is 15.6 Å². The van der Waals surface area contributed by atoms with Gasteiger partial charge in [0.1, 0.15) is 0 Å². The summed E-state index contributed by atoms with van der Waals surface area (Å²) in [5, 5.41) is 4.96. The number of aromatic nitrogens is 1. The van der Waals surface area contributed by atoms with Gasteiger partial charge in [-0.25, -0.2) is 0 Å². The summed E-state index contributed by atoms with van der Waals surface area (Å²) < 4.78 is 2.36. The number of hydrogen-bond donors (Lipinski definition) is 2. The third-order valence-corrected chi connectivity index (χ3v) is 3.93. The molecular weight excluding hydrogens is 234 g/mol. The molecule has 2 aromatic rings. The van der Waals surface area contributed by atoms with Crippen molar-refractivity contribution in [3.8, 4) is 0 Å². The number of benzene rings is 1. The van der Waals surface area contributed by atoms with Crippen molar-refractivity contribution in [3.63, 3.8) is 0 Å². The Morgan fingerprint density at radius 3 is 2.79 bits per heavy atom. The van der Waals surface area contributed by atoms with Crippen LogP contribution in [0.5, 0.6) is 0 Å². The van der Waals surface area contributed by atoms with E-state index in [-0.39, 0.29) is 0 Å². The average Bonchev–Trinajstić information content (AvgIpc) is 3.16. The number of fused-ring (bicyclic) bond motifs is 1. The van der Waals surface area contributed by atoms with Crippen molar-refractivity contribution in [2.45, 2.75) is 51.9 Å². The molecule has 1 aromatic heterocycles. The van der Waals surface area contributed by atoms with Crippen LogP contribution in [0.3, 0.4) is 0 Å². The highest BCUT2D eigenvalue weighted by atomic mass is 15.0. The van der Waals surface area contributed by atoms with E-state index in [1.807, 2.05) is 0 Å². The lowest BCUT2D eigenvalue weighted by Crippen LogP contribution is -2.15. The molecule has 1 heterocycles. The lowest BCUT2D eigenvalue weighted by molar-refractivity contribution is 0.616. The molecule has 0 atom stereocenters. The molecule has 0 radical (unpaired) electrons. The molecule has 3 rings (SSSR count). The third-order valence-electron chi connectivity index (χ3n) is 3.93. The molecule has 1 aliphatic rings. The maximum atomic E-state index is 5.77. The molecule has 3 heteroatoms. The van der Waals surface area contributed by atoms with Crippen molar-refractivity contribution in [1.29, 1.82) is 0 Å². The van der Waals surface area contributed by atoms with Gasteiger partial charge >= 0.3 is 0 Å². The van der Waals surface area contributed by atoms with E-state index in [0.29, 0.717) is 12.6 Å². The van der Waals surface area contributed by atoms with E-state index in [4.69, 9.17) is 5.73 Å². The fourth-order valence-corrected chi connectivity index (χ4v) is 2.61. The van der Waals surface area contributed by atoms with Crippen LogP contribution in [-0.4, -0.2) is 10.6 Å². The molecular formula is C16H23N3. The zero-order chi connectivity index (χ0) is 13.4. The van der Waals surface area contributed by atoms with Crippen molar-refractivity contribution in [3.05, 3.63) is 35.5 Å². The zero-order valence-electron chi connectivity index (χ0n) is 11.8. The Balaban J connectivity index is 2.01. The summed E-state index contributed by atoms with van der Waals surface area (Å²) in [4.78, 5) is 0. The molecule has 1 fully saturated rings. The normalized spacial score (nSPS) is 15.6. The van der Waals surface area contributed by atoms with Crippen molar-refractivity contribution in [2.24, 2.45) is 5.73 Å². The minimum atomic E-state index is 0.487. The molecule has 1 saturated carbocycles. The topological polar surface area (TPSA) is 43.0 Å². The summed E-state index contributed by atoms with van der Waals surface area (Å²) in [6.07, 6.45) is 4.96. The number of hydrogen-bond acceptors (Lipinski definition) is 2. The van der Waals surface area contributed by atoms with E-state index in [9.17, 15) is 0 Å². The average molecular weight is 257 g/mol. The van der Waals surface area contributed by atoms with Gasteiger partial charge in [-0.05, 0) is 49.9 Å². The van der Waals surface area contributed by atoms with E-state index in [1.165, 1.54) is 34.9 Å². The second-order valence-electron chi connectivity index (χ2n) is 5.87. The second kappa shape index (κ2) is 4.99. The van der Waals surface area contributed by atoms with Gasteiger partial charge in [-0.3, -0.25) is 0 Å². The third kappa shape index (κ3) is 2.53. The Morgan fingerprint density at radius 1 is 1.37 bits per heavy atom. The lowest BCUT2D eigenvalue weighted by atomic mass is 10.1. The highest BCUT2D eigenvalue weighted by molar-refractivity contribution is 5.85. The largest absolute Gasteiger partial charge is 0.345 e. The Morgan fingerprint density at radius 2 is 2.16 bits per heavy atom. The molecule has 0 aliphatic heterocycles. The van der Waals surface area contributed by atoms with Crippen molar-refractivity contribution in [2.75, 3.05) is 0 Å². The number of nitrogens with two attached hydrogens (primary N) is 1. The maximum Gasteiger partial charge on any atom is 0.0486 e. The van der Waals surface area contributed by atoms with Gasteiger partial charge in [0.15, 0.2) is 0 Å². The quantitative estimate of drug-likeness (QED) is 0.865. The van der Waals surface area contributed by atoms with Crippen LogP contribution in [0.2, 0.25) is 0 Å². The molecule has 102 valence electrons. The standard InChI is InChI=1S/C16H23N3/c1-11(2)19-10-13(9-18-14-4-5-14)15-7-12(8-17)3-6-16(15)19/h3,6-7,10-11,14,18H,4-5,8-9,17H2,1-2H3. The first kappa shape index (κ1) is 12.7. The molecule has 3 nitrogen and oxygen atoms in total. The molecule has 3 N–H and O–H groups in total. The molecule has 0 saturated heterocycles. The van der Waals surface area contributed by atoms with Crippen molar-refractivity contribution < 1.29 is 0 Å². The smallest absolute Gasteiger partial charge is 0.0486 e. The molecule has 0 unspecified atom stereocenters. The molecule has 0 amide bonds. The van der Waals surface area contributed by atoms with E-state index in [1.54, 1.807) is 0 Å². The molecule has 1 aliphatic carbocycles. The van der Waals surface area contributed by atoms with Crippen LogP contribution in [0.4, 0.5) is 0 Å². The first-order valence-electron chi connectivity index (χ1n) is 7.25. The number of nitrogens with zero attached hydrogens (tertiary/aromatic N) is 1. The minimum Gasteiger partial charge on any atom is -0.345 e. The summed E-state index contributed by atoms with van der Waals surface area (Å²) in [5.74, 6) is 0. The summed E-state index contributed by atoms with van der Waals surface area (Å²) in [6, 6.07) is 7.83. The van der Waals surface area contributed by atoms with Gasteiger partial charge in [0.25, 0.3) is 0 Å². The maximum absolute atomic E-state index is 5.77. The molecule has 19 heavy (non-hydrogen) atoms. The SMILES string of the molecule is CC(C)n1cc(CNC2CC2)c2cc(CN)ccc21. The first-order valence-corrected chi connectivity index (χ1v) is 7.25. The molecule has 1 aromatic carbocycles. The van der Waals surface area contributed by atoms with E-state index in [2.05, 4.69) is 48.1 Å². The summed E-state index contributed by atoms with van der Waals surface area (Å²) in [7, 11) is 0. The van der Waals surface area contributed by atoms with Crippen LogP contribution in [0.1, 0.15) is 43.9 Å². The van der Waals surface area contributed by atoms with Gasteiger partial charge in [0, 0.05) is 42.3 Å². The predicted octanol–water partition coefficient (Wildman–Crippen LogP) is 2.93. The van der Waals surface area contributed by atoms with Crippen LogP contribution in [0.15, 0.2) is 24.4 Å².